The van der Waals surface area contributed by atoms with Gasteiger partial charge in [-0.25, -0.2) is 0 Å². The van der Waals surface area contributed by atoms with Crippen LogP contribution in [0.15, 0.2) is 17.3 Å². The van der Waals surface area contributed by atoms with Crippen LogP contribution in [0.2, 0.25) is 0 Å². The van der Waals surface area contributed by atoms with E-state index < -0.39 is 0 Å². The van der Waals surface area contributed by atoms with Gasteiger partial charge in [-0.15, -0.1) is 0 Å². The van der Waals surface area contributed by atoms with Crippen molar-refractivity contribution >= 4 is 11.8 Å². The first-order valence-corrected chi connectivity index (χ1v) is 3.95. The number of fused-ring (bicyclic) bond motifs is 3. The van der Waals surface area contributed by atoms with Crippen LogP contribution < -0.4 is 5.32 Å². The van der Waals surface area contributed by atoms with Crippen molar-refractivity contribution in [3.8, 4) is 0 Å². The molecule has 60 valence electrons. The van der Waals surface area contributed by atoms with E-state index in [2.05, 4.69) is 26.6 Å². The van der Waals surface area contributed by atoms with Gasteiger partial charge in [-0.1, -0.05) is 6.08 Å². The molecular weight excluding hydrogens is 152 g/mol. The van der Waals surface area contributed by atoms with E-state index in [1.54, 1.807) is 0 Å². The number of nitrogens with zero attached hydrogens (tertiary/aromatic N) is 2. The van der Waals surface area contributed by atoms with Crippen LogP contribution in [0.5, 0.6) is 0 Å². The van der Waals surface area contributed by atoms with E-state index >= 15 is 0 Å². The molecule has 0 fully saturated rings. The van der Waals surface area contributed by atoms with E-state index in [0.29, 0.717) is 6.04 Å². The van der Waals surface area contributed by atoms with Crippen molar-refractivity contribution in [2.75, 3.05) is 6.67 Å². The molecule has 1 aliphatic heterocycles. The maximum atomic E-state index is 4.37. The van der Waals surface area contributed by atoms with Gasteiger partial charge in [-0.2, -0.15) is 5.10 Å². The molecule has 0 amide bonds. The molecule has 12 heavy (non-hydrogen) atoms. The van der Waals surface area contributed by atoms with Crippen LogP contribution in [0, 0.1) is 0 Å². The molecule has 1 aromatic heterocycles. The van der Waals surface area contributed by atoms with Gasteiger partial charge in [0.1, 0.15) is 0 Å². The van der Waals surface area contributed by atoms with Gasteiger partial charge < -0.3 is 0 Å². The van der Waals surface area contributed by atoms with Gasteiger partial charge in [0, 0.05) is 5.56 Å². The third kappa shape index (κ3) is 0.648. The molecule has 0 saturated heterocycles. The minimum atomic E-state index is 0.301. The summed E-state index contributed by atoms with van der Waals surface area (Å²) in [5, 5.41) is 10.2. The lowest BCUT2D eigenvalue weighted by Crippen LogP contribution is -2.30. The van der Waals surface area contributed by atoms with Crippen LogP contribution in [0.3, 0.4) is 0 Å². The van der Waals surface area contributed by atoms with Crippen molar-refractivity contribution in [3.05, 3.63) is 23.5 Å². The van der Waals surface area contributed by atoms with Crippen molar-refractivity contribution in [1.29, 1.82) is 0 Å². The lowest BCUT2D eigenvalue weighted by atomic mass is 9.99. The van der Waals surface area contributed by atoms with Gasteiger partial charge in [-0.05, 0) is 6.08 Å². The third-order valence-corrected chi connectivity index (χ3v) is 2.26. The summed E-state index contributed by atoms with van der Waals surface area (Å²) < 4.78 is 0. The van der Waals surface area contributed by atoms with Crippen molar-refractivity contribution < 1.29 is 0 Å². The van der Waals surface area contributed by atoms with Crippen LogP contribution >= 0.6 is 0 Å². The van der Waals surface area contributed by atoms with Crippen LogP contribution in [-0.4, -0.2) is 28.6 Å². The lowest BCUT2D eigenvalue weighted by molar-refractivity contribution is 0.771. The summed E-state index contributed by atoms with van der Waals surface area (Å²) in [5.41, 5.74) is 3.31. The molecule has 1 aromatic rings. The van der Waals surface area contributed by atoms with E-state index in [0.717, 1.165) is 23.6 Å². The Hall–Kier alpha value is -1.42. The normalized spacial score (nSPS) is 25.0. The molecule has 1 aliphatic carbocycles. The molecule has 2 heterocycles. The number of aliphatic imine (C=N–C) groups is 1. The zero-order valence-corrected chi connectivity index (χ0v) is 6.41. The summed E-state index contributed by atoms with van der Waals surface area (Å²) in [5.74, 6) is 0. The number of hydrogen-bond donors (Lipinski definition) is 2. The van der Waals surface area contributed by atoms with Gasteiger partial charge in [0.15, 0.2) is 0 Å². The molecule has 1 unspecified atom stereocenters. The second-order valence-electron chi connectivity index (χ2n) is 2.94. The number of rotatable bonds is 0. The zero-order valence-electron chi connectivity index (χ0n) is 6.41. The average molecular weight is 160 g/mol. The predicted octanol–water partition coefficient (Wildman–Crippen LogP) is 0.155. The minimum Gasteiger partial charge on any atom is -0.287 e. The Morgan fingerprint density at radius 2 is 2.50 bits per heavy atom. The Bertz CT molecular complexity index is 374. The summed E-state index contributed by atoms with van der Waals surface area (Å²) in [6.07, 6.45) is 5.98. The van der Waals surface area contributed by atoms with Crippen molar-refractivity contribution in [3.63, 3.8) is 0 Å². The van der Waals surface area contributed by atoms with Gasteiger partial charge in [-0.3, -0.25) is 15.4 Å². The highest BCUT2D eigenvalue weighted by Crippen LogP contribution is 2.19. The maximum absolute atomic E-state index is 4.37. The van der Waals surface area contributed by atoms with Crippen LogP contribution in [0.1, 0.15) is 11.3 Å². The van der Waals surface area contributed by atoms with Gasteiger partial charge in [0.2, 0.25) is 0 Å². The SMILES string of the molecule is C1=CC2NCN=C2c2cn[nH]c21. The van der Waals surface area contributed by atoms with E-state index in [1.807, 2.05) is 12.3 Å². The molecule has 0 saturated carbocycles. The van der Waals surface area contributed by atoms with Crippen LogP contribution in [0.25, 0.3) is 6.08 Å². The number of nitrogens with one attached hydrogen (secondary N) is 2. The van der Waals surface area contributed by atoms with Crippen molar-refractivity contribution in [2.45, 2.75) is 6.04 Å². The topological polar surface area (TPSA) is 53.1 Å². The highest BCUT2D eigenvalue weighted by Gasteiger charge is 2.25. The van der Waals surface area contributed by atoms with E-state index in [9.17, 15) is 0 Å². The average Bonchev–Trinajstić information content (AvgIpc) is 2.71. The number of aromatic amines is 1. The molecule has 2 aliphatic rings. The molecule has 4 nitrogen and oxygen atoms in total. The molecule has 0 radical (unpaired) electrons. The molecule has 2 N–H and O–H groups in total. The van der Waals surface area contributed by atoms with Gasteiger partial charge >= 0.3 is 0 Å². The number of hydrogen-bond acceptors (Lipinski definition) is 3. The molecule has 0 spiro atoms. The monoisotopic (exact) mass is 160 g/mol. The lowest BCUT2D eigenvalue weighted by Gasteiger charge is -2.12. The second kappa shape index (κ2) is 2.04. The fraction of sp³-hybridized carbons (Fsp3) is 0.250. The Balaban J connectivity index is 2.23. The fourth-order valence-electron chi connectivity index (χ4n) is 1.66. The van der Waals surface area contributed by atoms with Crippen molar-refractivity contribution in [2.24, 2.45) is 4.99 Å². The number of H-pyrrole nitrogens is 1. The Morgan fingerprint density at radius 3 is 3.50 bits per heavy atom. The Kier molecular flexibility index (Phi) is 1.04. The Morgan fingerprint density at radius 1 is 1.50 bits per heavy atom. The number of aromatic nitrogens is 2. The highest BCUT2D eigenvalue weighted by molar-refractivity contribution is 6.10. The molecule has 0 aromatic carbocycles. The quantitative estimate of drug-likeness (QED) is 0.567. The minimum absolute atomic E-state index is 0.301. The third-order valence-electron chi connectivity index (χ3n) is 2.26. The Labute approximate surface area is 69.4 Å². The highest BCUT2D eigenvalue weighted by atomic mass is 15.1. The van der Waals surface area contributed by atoms with Gasteiger partial charge in [0.25, 0.3) is 0 Å². The van der Waals surface area contributed by atoms with E-state index in [1.165, 1.54) is 0 Å². The van der Waals surface area contributed by atoms with Crippen LogP contribution in [0.4, 0.5) is 0 Å². The first-order chi connectivity index (χ1) is 5.95. The smallest absolute Gasteiger partial charge is 0.0896 e. The summed E-state index contributed by atoms with van der Waals surface area (Å²) in [7, 11) is 0. The first-order valence-electron chi connectivity index (χ1n) is 3.95. The maximum Gasteiger partial charge on any atom is 0.0896 e. The van der Waals surface area contributed by atoms with E-state index in [4.69, 9.17) is 0 Å². The zero-order chi connectivity index (χ0) is 7.97. The summed E-state index contributed by atoms with van der Waals surface area (Å²) in [4.78, 5) is 4.37. The molecule has 0 bridgehead atoms. The molecule has 3 rings (SSSR count). The molecular formula is C8H8N4. The largest absolute Gasteiger partial charge is 0.287 e. The van der Waals surface area contributed by atoms with Gasteiger partial charge in [0.05, 0.1) is 30.3 Å². The summed E-state index contributed by atoms with van der Waals surface area (Å²) >= 11 is 0. The van der Waals surface area contributed by atoms with Crippen molar-refractivity contribution in [1.82, 2.24) is 15.5 Å². The van der Waals surface area contributed by atoms with Crippen LogP contribution in [-0.2, 0) is 0 Å². The second-order valence-corrected chi connectivity index (χ2v) is 2.94. The summed E-state index contributed by atoms with van der Waals surface area (Å²) in [6.45, 7) is 0.717. The predicted molar refractivity (Wildman–Crippen MR) is 45.9 cm³/mol. The standard InChI is InChI=1S/C8H8N4/c1-2-7-8(10-4-9-7)5-3-11-12-6(1)5/h1-3,7,9H,4H2,(H,11,12). The first kappa shape index (κ1) is 6.14. The summed E-state index contributed by atoms with van der Waals surface area (Å²) in [6, 6.07) is 0.301. The molecule has 1 atom stereocenters. The van der Waals surface area contributed by atoms with E-state index in [-0.39, 0.29) is 0 Å². The molecule has 4 heteroatoms. The fourth-order valence-corrected chi connectivity index (χ4v) is 1.66.